The van der Waals surface area contributed by atoms with Gasteiger partial charge in [0.1, 0.15) is 0 Å². The lowest BCUT2D eigenvalue weighted by Gasteiger charge is -2.03. The third-order valence-corrected chi connectivity index (χ3v) is 4.70. The molecule has 1 heterocycles. The number of unbranched alkanes of at least 4 members (excludes halogenated alkanes) is 13. The van der Waals surface area contributed by atoms with Crippen molar-refractivity contribution in [1.82, 2.24) is 15.0 Å². The van der Waals surface area contributed by atoms with Crippen molar-refractivity contribution in [2.45, 2.75) is 117 Å². The average molecular weight is 322 g/mol. The van der Waals surface area contributed by atoms with Crippen molar-refractivity contribution in [1.29, 1.82) is 0 Å². The third-order valence-electron chi connectivity index (χ3n) is 4.70. The lowest BCUT2D eigenvalue weighted by molar-refractivity contribution is 0.535. The van der Waals surface area contributed by atoms with Gasteiger partial charge in [0.25, 0.3) is 0 Å². The molecule has 0 spiro atoms. The minimum absolute atomic E-state index is 0.922. The summed E-state index contributed by atoms with van der Waals surface area (Å²) in [4.78, 5) is 0. The van der Waals surface area contributed by atoms with Crippen molar-refractivity contribution in [2.75, 3.05) is 0 Å². The first kappa shape index (κ1) is 20.2. The highest BCUT2D eigenvalue weighted by Gasteiger charge is 1.99. The second-order valence-corrected chi connectivity index (χ2v) is 6.91. The van der Waals surface area contributed by atoms with Gasteiger partial charge in [-0.15, -0.1) is 5.10 Å². The van der Waals surface area contributed by atoms with Crippen LogP contribution < -0.4 is 0 Å². The SMILES string of the molecule is CCCCCCCCCCCCCCCCc1cn(CC)nn1. The van der Waals surface area contributed by atoms with E-state index in [0.29, 0.717) is 0 Å². The summed E-state index contributed by atoms with van der Waals surface area (Å²) in [6.45, 7) is 5.31. The van der Waals surface area contributed by atoms with E-state index in [4.69, 9.17) is 0 Å². The van der Waals surface area contributed by atoms with Gasteiger partial charge in [-0.05, 0) is 19.8 Å². The minimum Gasteiger partial charge on any atom is -0.253 e. The van der Waals surface area contributed by atoms with Crippen LogP contribution in [0.2, 0.25) is 0 Å². The Labute approximate surface area is 144 Å². The maximum atomic E-state index is 4.20. The van der Waals surface area contributed by atoms with E-state index in [1.165, 1.54) is 89.9 Å². The molecule has 0 bridgehead atoms. The van der Waals surface area contributed by atoms with Crippen molar-refractivity contribution in [3.05, 3.63) is 11.9 Å². The van der Waals surface area contributed by atoms with Crippen molar-refractivity contribution >= 4 is 0 Å². The van der Waals surface area contributed by atoms with Crippen molar-refractivity contribution in [3.8, 4) is 0 Å². The van der Waals surface area contributed by atoms with Gasteiger partial charge in [0, 0.05) is 12.7 Å². The van der Waals surface area contributed by atoms with Gasteiger partial charge in [-0.25, -0.2) is 0 Å². The van der Waals surface area contributed by atoms with Gasteiger partial charge in [0.2, 0.25) is 0 Å². The standard InChI is InChI=1S/C20H39N3/c1-3-5-6-7-8-9-10-11-12-13-14-15-16-17-18-20-19-23(4-2)22-21-20/h19H,3-18H2,1-2H3. The fourth-order valence-corrected chi connectivity index (χ4v) is 3.11. The van der Waals surface area contributed by atoms with E-state index in [9.17, 15) is 0 Å². The molecule has 0 unspecified atom stereocenters. The predicted molar refractivity (Wildman–Crippen MR) is 99.7 cm³/mol. The largest absolute Gasteiger partial charge is 0.253 e. The maximum absolute atomic E-state index is 4.20. The summed E-state index contributed by atoms with van der Waals surface area (Å²) in [5, 5.41) is 8.28. The Hall–Kier alpha value is -0.860. The highest BCUT2D eigenvalue weighted by Crippen LogP contribution is 2.13. The van der Waals surface area contributed by atoms with Gasteiger partial charge in [0.05, 0.1) is 5.69 Å². The van der Waals surface area contributed by atoms with Crippen molar-refractivity contribution < 1.29 is 0 Å². The smallest absolute Gasteiger partial charge is 0.0827 e. The fraction of sp³-hybridized carbons (Fsp3) is 0.900. The molecule has 134 valence electrons. The summed E-state index contributed by atoms with van der Waals surface area (Å²) >= 11 is 0. The maximum Gasteiger partial charge on any atom is 0.0827 e. The average Bonchev–Trinajstić information content (AvgIpc) is 3.03. The Morgan fingerprint density at radius 3 is 1.61 bits per heavy atom. The summed E-state index contributed by atoms with van der Waals surface area (Å²) < 4.78 is 1.92. The minimum atomic E-state index is 0.922. The number of aromatic nitrogens is 3. The van der Waals surface area contributed by atoms with Crippen LogP contribution in [0.3, 0.4) is 0 Å². The van der Waals surface area contributed by atoms with Crippen LogP contribution in [0.15, 0.2) is 6.20 Å². The van der Waals surface area contributed by atoms with E-state index in [2.05, 4.69) is 30.4 Å². The molecule has 0 atom stereocenters. The Bertz CT molecular complexity index is 360. The number of hydrogen-bond donors (Lipinski definition) is 0. The van der Waals surface area contributed by atoms with Crippen molar-refractivity contribution in [2.24, 2.45) is 0 Å². The molecule has 0 fully saturated rings. The molecule has 0 amide bonds. The fourth-order valence-electron chi connectivity index (χ4n) is 3.11. The van der Waals surface area contributed by atoms with Crippen LogP contribution in [0.5, 0.6) is 0 Å². The van der Waals surface area contributed by atoms with Crippen LogP contribution >= 0.6 is 0 Å². The molecular formula is C20H39N3. The van der Waals surface area contributed by atoms with E-state index in [0.717, 1.165) is 18.7 Å². The molecule has 1 rings (SSSR count). The molecule has 3 heteroatoms. The molecule has 23 heavy (non-hydrogen) atoms. The zero-order chi connectivity index (χ0) is 16.6. The van der Waals surface area contributed by atoms with Crippen LogP contribution in [0.25, 0.3) is 0 Å². The zero-order valence-electron chi connectivity index (χ0n) is 15.7. The van der Waals surface area contributed by atoms with Gasteiger partial charge in [-0.1, -0.05) is 95.6 Å². The monoisotopic (exact) mass is 321 g/mol. The second-order valence-electron chi connectivity index (χ2n) is 6.91. The van der Waals surface area contributed by atoms with Crippen molar-refractivity contribution in [3.63, 3.8) is 0 Å². The Balaban J connectivity index is 1.76. The Morgan fingerprint density at radius 1 is 0.696 bits per heavy atom. The summed E-state index contributed by atoms with van der Waals surface area (Å²) in [5.74, 6) is 0. The van der Waals surface area contributed by atoms with Crippen LogP contribution in [0.1, 0.15) is 109 Å². The topological polar surface area (TPSA) is 30.7 Å². The number of hydrogen-bond acceptors (Lipinski definition) is 2. The molecule has 0 aliphatic carbocycles. The molecule has 0 aliphatic rings. The first-order valence-electron chi connectivity index (χ1n) is 10.3. The highest BCUT2D eigenvalue weighted by atomic mass is 15.4. The van der Waals surface area contributed by atoms with Gasteiger partial charge in [-0.3, -0.25) is 4.68 Å². The molecule has 0 aliphatic heterocycles. The normalized spacial score (nSPS) is 11.2. The molecule has 1 aromatic heterocycles. The zero-order valence-corrected chi connectivity index (χ0v) is 15.7. The Morgan fingerprint density at radius 2 is 1.17 bits per heavy atom. The lowest BCUT2D eigenvalue weighted by Crippen LogP contribution is -1.93. The third kappa shape index (κ3) is 11.3. The summed E-state index contributed by atoms with van der Waals surface area (Å²) in [6, 6.07) is 0. The number of nitrogens with zero attached hydrogens (tertiary/aromatic N) is 3. The molecule has 0 saturated heterocycles. The number of aryl methyl sites for hydroxylation is 2. The van der Waals surface area contributed by atoms with E-state index in [-0.39, 0.29) is 0 Å². The summed E-state index contributed by atoms with van der Waals surface area (Å²) in [7, 11) is 0. The van der Waals surface area contributed by atoms with Crippen LogP contribution in [-0.2, 0) is 13.0 Å². The highest BCUT2D eigenvalue weighted by molar-refractivity contribution is 4.91. The van der Waals surface area contributed by atoms with E-state index in [1.807, 2.05) is 4.68 Å². The molecule has 1 aromatic rings. The molecule has 0 aromatic carbocycles. The predicted octanol–water partition coefficient (Wildman–Crippen LogP) is 6.32. The van der Waals surface area contributed by atoms with E-state index >= 15 is 0 Å². The van der Waals surface area contributed by atoms with Gasteiger partial charge in [0.15, 0.2) is 0 Å². The van der Waals surface area contributed by atoms with Crippen LogP contribution in [0, 0.1) is 0 Å². The van der Waals surface area contributed by atoms with Gasteiger partial charge >= 0.3 is 0 Å². The Kier molecular flexibility index (Phi) is 12.9. The van der Waals surface area contributed by atoms with E-state index in [1.54, 1.807) is 0 Å². The van der Waals surface area contributed by atoms with E-state index < -0.39 is 0 Å². The molecule has 0 radical (unpaired) electrons. The quantitative estimate of drug-likeness (QED) is 0.333. The lowest BCUT2D eigenvalue weighted by atomic mass is 10.0. The van der Waals surface area contributed by atoms with Gasteiger partial charge in [-0.2, -0.15) is 0 Å². The summed E-state index contributed by atoms with van der Waals surface area (Å²) in [5.41, 5.74) is 1.16. The van der Waals surface area contributed by atoms with Crippen LogP contribution in [-0.4, -0.2) is 15.0 Å². The van der Waals surface area contributed by atoms with Crippen LogP contribution in [0.4, 0.5) is 0 Å². The molecular weight excluding hydrogens is 282 g/mol. The molecule has 3 nitrogen and oxygen atoms in total. The summed E-state index contributed by atoms with van der Waals surface area (Å²) in [6.07, 6.45) is 23.0. The number of rotatable bonds is 16. The first-order chi connectivity index (χ1) is 11.4. The van der Waals surface area contributed by atoms with Gasteiger partial charge < -0.3 is 0 Å². The molecule has 0 saturated carbocycles. The first-order valence-corrected chi connectivity index (χ1v) is 10.3. The molecule has 0 N–H and O–H groups in total. The second kappa shape index (κ2) is 14.7.